The van der Waals surface area contributed by atoms with Crippen LogP contribution in [0, 0.1) is 11.3 Å². The molecule has 0 bridgehead atoms. The van der Waals surface area contributed by atoms with E-state index in [0.717, 1.165) is 0 Å². The first-order valence-corrected chi connectivity index (χ1v) is 4.44. The largest absolute Gasteiger partial charge is 0.396 e. The smallest absolute Gasteiger partial charge is 0.342 e. The molecule has 0 aliphatic carbocycles. The van der Waals surface area contributed by atoms with Crippen molar-refractivity contribution in [1.82, 2.24) is 9.97 Å². The van der Waals surface area contributed by atoms with Crippen molar-refractivity contribution < 1.29 is 13.2 Å². The summed E-state index contributed by atoms with van der Waals surface area (Å²) in [6.07, 6.45) is -5.42. The molecule has 2 rings (SSSR count). The average Bonchev–Trinajstić information content (AvgIpc) is 2.56. The third-order valence-corrected chi connectivity index (χ3v) is 2.05. The van der Waals surface area contributed by atoms with E-state index >= 15 is 0 Å². The molecule has 0 saturated heterocycles. The second-order valence-electron chi connectivity index (χ2n) is 3.29. The molecule has 1 aromatic heterocycles. The summed E-state index contributed by atoms with van der Waals surface area (Å²) in [7, 11) is 0. The number of aromatic amines is 1. The Morgan fingerprint density at radius 2 is 2.12 bits per heavy atom. The Morgan fingerprint density at radius 1 is 1.38 bits per heavy atom. The lowest BCUT2D eigenvalue weighted by Gasteiger charge is -2.01. The lowest BCUT2D eigenvalue weighted by Crippen LogP contribution is -2.12. The van der Waals surface area contributed by atoms with Gasteiger partial charge in [0, 0.05) is 0 Å². The van der Waals surface area contributed by atoms with E-state index in [1.165, 1.54) is 6.07 Å². The molecule has 1 aromatic carbocycles. The number of aromatic nitrogens is 2. The SMILES string of the molecule is N#Cc1cccc2[nH]c(CC(F)(F)F)nc12. The molecule has 82 valence electrons. The second-order valence-corrected chi connectivity index (χ2v) is 3.29. The zero-order valence-corrected chi connectivity index (χ0v) is 7.97. The predicted molar refractivity (Wildman–Crippen MR) is 50.6 cm³/mol. The molecule has 0 saturated carbocycles. The molecule has 1 heterocycles. The molecule has 0 spiro atoms. The molecule has 0 amide bonds. The van der Waals surface area contributed by atoms with Crippen LogP contribution < -0.4 is 0 Å². The normalized spacial score (nSPS) is 11.6. The van der Waals surface area contributed by atoms with Gasteiger partial charge in [0.2, 0.25) is 0 Å². The minimum atomic E-state index is -4.30. The molecular formula is C10H6F3N3. The van der Waals surface area contributed by atoms with Gasteiger partial charge in [-0.1, -0.05) is 6.07 Å². The standard InChI is InChI=1S/C10H6F3N3/c11-10(12,13)4-8-15-7-3-1-2-6(5-14)9(7)16-8/h1-3H,4H2,(H,15,16). The Hall–Kier alpha value is -2.03. The van der Waals surface area contributed by atoms with E-state index in [4.69, 9.17) is 5.26 Å². The van der Waals surface area contributed by atoms with Gasteiger partial charge >= 0.3 is 6.18 Å². The number of alkyl halides is 3. The lowest BCUT2D eigenvalue weighted by atomic mass is 10.2. The number of nitrogens with zero attached hydrogens (tertiary/aromatic N) is 2. The van der Waals surface area contributed by atoms with Crippen LogP contribution in [0.15, 0.2) is 18.2 Å². The topological polar surface area (TPSA) is 52.5 Å². The lowest BCUT2D eigenvalue weighted by molar-refractivity contribution is -0.128. The second kappa shape index (κ2) is 3.52. The third-order valence-electron chi connectivity index (χ3n) is 2.05. The monoisotopic (exact) mass is 225 g/mol. The maximum Gasteiger partial charge on any atom is 0.396 e. The fraction of sp³-hybridized carbons (Fsp3) is 0.200. The Balaban J connectivity index is 2.49. The van der Waals surface area contributed by atoms with Crippen molar-refractivity contribution in [2.45, 2.75) is 12.6 Å². The molecule has 1 N–H and O–H groups in total. The van der Waals surface area contributed by atoms with E-state index in [1.54, 1.807) is 12.1 Å². The van der Waals surface area contributed by atoms with E-state index in [2.05, 4.69) is 9.97 Å². The number of hydrogen-bond donors (Lipinski definition) is 1. The number of para-hydroxylation sites is 1. The average molecular weight is 225 g/mol. The van der Waals surface area contributed by atoms with Crippen molar-refractivity contribution in [3.63, 3.8) is 0 Å². The van der Waals surface area contributed by atoms with Crippen LogP contribution >= 0.6 is 0 Å². The van der Waals surface area contributed by atoms with E-state index in [-0.39, 0.29) is 16.9 Å². The molecule has 0 aliphatic rings. The number of benzene rings is 1. The first-order chi connectivity index (χ1) is 7.49. The predicted octanol–water partition coefficient (Wildman–Crippen LogP) is 2.54. The van der Waals surface area contributed by atoms with Crippen LogP contribution in [-0.2, 0) is 6.42 Å². The highest BCUT2D eigenvalue weighted by Crippen LogP contribution is 2.22. The quantitative estimate of drug-likeness (QED) is 0.810. The molecule has 6 heteroatoms. The van der Waals surface area contributed by atoms with Crippen molar-refractivity contribution in [3.8, 4) is 6.07 Å². The Kier molecular flexibility index (Phi) is 2.31. The van der Waals surface area contributed by atoms with Gasteiger partial charge in [0.05, 0.1) is 11.1 Å². The molecule has 3 nitrogen and oxygen atoms in total. The number of H-pyrrole nitrogens is 1. The highest BCUT2D eigenvalue weighted by Gasteiger charge is 2.29. The van der Waals surface area contributed by atoms with Crippen LogP contribution in [-0.4, -0.2) is 16.1 Å². The van der Waals surface area contributed by atoms with Crippen LogP contribution in [0.1, 0.15) is 11.4 Å². The van der Waals surface area contributed by atoms with Crippen LogP contribution in [0.2, 0.25) is 0 Å². The van der Waals surface area contributed by atoms with E-state index < -0.39 is 12.6 Å². The molecule has 2 aromatic rings. The summed E-state index contributed by atoms with van der Waals surface area (Å²) >= 11 is 0. The van der Waals surface area contributed by atoms with Gasteiger partial charge in [0.1, 0.15) is 23.8 Å². The van der Waals surface area contributed by atoms with Crippen molar-refractivity contribution in [2.75, 3.05) is 0 Å². The number of nitriles is 1. The summed E-state index contributed by atoms with van der Waals surface area (Å²) in [6, 6.07) is 6.58. The van der Waals surface area contributed by atoms with Gasteiger partial charge in [-0.3, -0.25) is 0 Å². The maximum atomic E-state index is 12.1. The fourth-order valence-corrected chi connectivity index (χ4v) is 1.45. The van der Waals surface area contributed by atoms with Gasteiger partial charge in [-0.25, -0.2) is 4.98 Å². The number of halogens is 3. The fourth-order valence-electron chi connectivity index (χ4n) is 1.45. The minimum Gasteiger partial charge on any atom is -0.342 e. The van der Waals surface area contributed by atoms with Gasteiger partial charge in [-0.2, -0.15) is 18.4 Å². The Morgan fingerprint density at radius 3 is 2.75 bits per heavy atom. The van der Waals surface area contributed by atoms with Crippen molar-refractivity contribution >= 4 is 11.0 Å². The molecule has 0 radical (unpaired) electrons. The molecule has 0 atom stereocenters. The first kappa shape index (κ1) is 10.5. The highest BCUT2D eigenvalue weighted by molar-refractivity contribution is 5.81. The maximum absolute atomic E-state index is 12.1. The number of fused-ring (bicyclic) bond motifs is 1. The zero-order chi connectivity index (χ0) is 11.8. The highest BCUT2D eigenvalue weighted by atomic mass is 19.4. The van der Waals surface area contributed by atoms with Crippen LogP contribution in [0.25, 0.3) is 11.0 Å². The van der Waals surface area contributed by atoms with E-state index in [9.17, 15) is 13.2 Å². The Bertz CT molecular complexity index is 563. The van der Waals surface area contributed by atoms with Crippen molar-refractivity contribution in [3.05, 3.63) is 29.6 Å². The number of hydrogen-bond acceptors (Lipinski definition) is 2. The number of nitrogens with one attached hydrogen (secondary N) is 1. The summed E-state index contributed by atoms with van der Waals surface area (Å²) in [5, 5.41) is 8.75. The molecule has 0 aliphatic heterocycles. The third kappa shape index (κ3) is 1.98. The zero-order valence-electron chi connectivity index (χ0n) is 7.97. The van der Waals surface area contributed by atoms with Gasteiger partial charge < -0.3 is 4.98 Å². The van der Waals surface area contributed by atoms with Gasteiger partial charge in [-0.05, 0) is 12.1 Å². The van der Waals surface area contributed by atoms with Gasteiger partial charge in [-0.15, -0.1) is 0 Å². The first-order valence-electron chi connectivity index (χ1n) is 4.44. The number of rotatable bonds is 1. The summed E-state index contributed by atoms with van der Waals surface area (Å²) < 4.78 is 36.4. The van der Waals surface area contributed by atoms with Crippen LogP contribution in [0.4, 0.5) is 13.2 Å². The molecule has 16 heavy (non-hydrogen) atoms. The van der Waals surface area contributed by atoms with Crippen molar-refractivity contribution in [1.29, 1.82) is 5.26 Å². The molecule has 0 unspecified atom stereocenters. The van der Waals surface area contributed by atoms with Crippen LogP contribution in [0.5, 0.6) is 0 Å². The Labute approximate surface area is 88.5 Å². The van der Waals surface area contributed by atoms with Crippen molar-refractivity contribution in [2.24, 2.45) is 0 Å². The van der Waals surface area contributed by atoms with Crippen LogP contribution in [0.3, 0.4) is 0 Å². The summed E-state index contributed by atoms with van der Waals surface area (Å²) in [5.74, 6) is -0.176. The number of imidazole rings is 1. The van der Waals surface area contributed by atoms with E-state index in [1.807, 2.05) is 6.07 Å². The van der Waals surface area contributed by atoms with E-state index in [0.29, 0.717) is 5.52 Å². The van der Waals surface area contributed by atoms with Gasteiger partial charge in [0.15, 0.2) is 0 Å². The molecule has 0 fully saturated rings. The summed E-state index contributed by atoms with van der Waals surface area (Å²) in [5.41, 5.74) is 0.990. The molecular weight excluding hydrogens is 219 g/mol. The minimum absolute atomic E-state index is 0.176. The van der Waals surface area contributed by atoms with Gasteiger partial charge in [0.25, 0.3) is 0 Å². The summed E-state index contributed by atoms with van der Waals surface area (Å²) in [6.45, 7) is 0. The summed E-state index contributed by atoms with van der Waals surface area (Å²) in [4.78, 5) is 6.32.